The van der Waals surface area contributed by atoms with Gasteiger partial charge < -0.3 is 10.2 Å². The number of hydrogen-bond donors (Lipinski definition) is 1. The summed E-state index contributed by atoms with van der Waals surface area (Å²) in [6.45, 7) is 8.10. The van der Waals surface area contributed by atoms with Gasteiger partial charge in [0.1, 0.15) is 0 Å². The Bertz CT molecular complexity index is 193. The Labute approximate surface area is 95.7 Å². The molecule has 0 saturated heterocycles. The van der Waals surface area contributed by atoms with E-state index in [1.54, 1.807) is 0 Å². The van der Waals surface area contributed by atoms with Crippen LogP contribution in [0.15, 0.2) is 11.8 Å². The van der Waals surface area contributed by atoms with Gasteiger partial charge >= 0.3 is 0 Å². The Morgan fingerprint density at radius 2 is 1.93 bits per heavy atom. The Hall–Kier alpha value is -0.500. The zero-order valence-corrected chi connectivity index (χ0v) is 11.4. The van der Waals surface area contributed by atoms with Crippen molar-refractivity contribution in [3.05, 3.63) is 11.8 Å². The Kier molecular flexibility index (Phi) is 6.66. The summed E-state index contributed by atoms with van der Waals surface area (Å²) in [4.78, 5) is 2.26. The van der Waals surface area contributed by atoms with E-state index >= 15 is 0 Å². The van der Waals surface area contributed by atoms with Gasteiger partial charge in [0.15, 0.2) is 0 Å². The fourth-order valence-electron chi connectivity index (χ4n) is 2.01. The van der Waals surface area contributed by atoms with Gasteiger partial charge in [-0.05, 0) is 58.4 Å². The summed E-state index contributed by atoms with van der Waals surface area (Å²) in [6.07, 6.45) is 5.86. The van der Waals surface area contributed by atoms with Crippen molar-refractivity contribution in [3.63, 3.8) is 0 Å². The van der Waals surface area contributed by atoms with Crippen LogP contribution in [0, 0.1) is 5.41 Å². The van der Waals surface area contributed by atoms with Crippen LogP contribution in [0.1, 0.15) is 40.0 Å². The van der Waals surface area contributed by atoms with Crippen LogP contribution < -0.4 is 5.32 Å². The molecule has 0 atom stereocenters. The molecule has 0 aromatic heterocycles. The summed E-state index contributed by atoms with van der Waals surface area (Å²) in [5.41, 5.74) is 1.86. The van der Waals surface area contributed by atoms with Crippen molar-refractivity contribution in [1.82, 2.24) is 10.2 Å². The molecule has 0 unspecified atom stereocenters. The van der Waals surface area contributed by atoms with E-state index in [1.807, 2.05) is 7.05 Å². The van der Waals surface area contributed by atoms with Crippen LogP contribution in [-0.4, -0.2) is 32.6 Å². The van der Waals surface area contributed by atoms with Gasteiger partial charge in [-0.25, -0.2) is 0 Å². The van der Waals surface area contributed by atoms with Gasteiger partial charge in [-0.2, -0.15) is 0 Å². The first-order chi connectivity index (χ1) is 6.87. The minimum absolute atomic E-state index is 0.424. The van der Waals surface area contributed by atoms with E-state index < -0.39 is 0 Å². The predicted octanol–water partition coefficient (Wildman–Crippen LogP) is 2.87. The third kappa shape index (κ3) is 8.49. The van der Waals surface area contributed by atoms with Crippen LogP contribution in [0.3, 0.4) is 0 Å². The maximum absolute atomic E-state index is 3.09. The number of nitrogens with zero attached hydrogens (tertiary/aromatic N) is 1. The topological polar surface area (TPSA) is 15.3 Å². The molecule has 0 fully saturated rings. The third-order valence-corrected chi connectivity index (χ3v) is 2.61. The van der Waals surface area contributed by atoms with Gasteiger partial charge in [-0.3, -0.25) is 0 Å². The molecule has 0 aliphatic heterocycles. The van der Waals surface area contributed by atoms with Gasteiger partial charge in [-0.15, -0.1) is 0 Å². The molecule has 0 heterocycles. The quantitative estimate of drug-likeness (QED) is 0.698. The molecule has 0 aromatic carbocycles. The largest absolute Gasteiger partial charge is 0.394 e. The van der Waals surface area contributed by atoms with Gasteiger partial charge in [0, 0.05) is 7.05 Å². The maximum atomic E-state index is 3.09. The molecule has 0 spiro atoms. The first kappa shape index (κ1) is 14.5. The average Bonchev–Trinajstić information content (AvgIpc) is 2.01. The Balaban J connectivity index is 3.91. The van der Waals surface area contributed by atoms with Gasteiger partial charge in [0.05, 0.1) is 0 Å². The van der Waals surface area contributed by atoms with Gasteiger partial charge in [0.2, 0.25) is 0 Å². The molecular formula is C13H28N2. The molecule has 1 N–H and O–H groups in total. The van der Waals surface area contributed by atoms with Crippen LogP contribution in [0.5, 0.6) is 0 Å². The highest BCUT2D eigenvalue weighted by Crippen LogP contribution is 2.29. The summed E-state index contributed by atoms with van der Waals surface area (Å²) in [5.74, 6) is 0. The van der Waals surface area contributed by atoms with E-state index in [0.717, 1.165) is 0 Å². The van der Waals surface area contributed by atoms with Crippen LogP contribution in [-0.2, 0) is 0 Å². The minimum Gasteiger partial charge on any atom is -0.394 e. The standard InChI is InChI=1S/C13H28N2/c1-12(11-14-4)10-13(2,3)8-7-9-15(5)6/h11,14H,7-10H2,1-6H3/b12-11+. The molecule has 2 nitrogen and oxygen atoms in total. The summed E-state index contributed by atoms with van der Waals surface area (Å²) in [6, 6.07) is 0. The monoisotopic (exact) mass is 212 g/mol. The molecule has 2 heteroatoms. The lowest BCUT2D eigenvalue weighted by atomic mass is 9.82. The van der Waals surface area contributed by atoms with Crippen molar-refractivity contribution < 1.29 is 0 Å². The molecule has 0 saturated carbocycles. The lowest BCUT2D eigenvalue weighted by Gasteiger charge is -2.25. The molecule has 0 aliphatic carbocycles. The fraction of sp³-hybridized carbons (Fsp3) is 0.846. The summed E-state index contributed by atoms with van der Waals surface area (Å²) < 4.78 is 0. The second kappa shape index (κ2) is 6.89. The number of nitrogens with one attached hydrogen (secondary N) is 1. The molecule has 0 aromatic rings. The van der Waals surface area contributed by atoms with E-state index in [9.17, 15) is 0 Å². The van der Waals surface area contributed by atoms with E-state index in [-0.39, 0.29) is 0 Å². The smallest absolute Gasteiger partial charge is 0.00276 e. The molecular weight excluding hydrogens is 184 g/mol. The van der Waals surface area contributed by atoms with Crippen LogP contribution in [0.2, 0.25) is 0 Å². The van der Waals surface area contributed by atoms with Crippen LogP contribution in [0.4, 0.5) is 0 Å². The minimum atomic E-state index is 0.424. The summed E-state index contributed by atoms with van der Waals surface area (Å²) >= 11 is 0. The van der Waals surface area contributed by atoms with Gasteiger partial charge in [-0.1, -0.05) is 19.4 Å². The lowest BCUT2D eigenvalue weighted by molar-refractivity contribution is 0.292. The van der Waals surface area contributed by atoms with Crippen molar-refractivity contribution in [1.29, 1.82) is 0 Å². The maximum Gasteiger partial charge on any atom is 0.00276 e. The number of rotatable bonds is 7. The highest BCUT2D eigenvalue weighted by atomic mass is 15.0. The molecule has 0 aliphatic rings. The zero-order valence-electron chi connectivity index (χ0n) is 11.4. The number of allylic oxidation sites excluding steroid dienone is 1. The molecule has 15 heavy (non-hydrogen) atoms. The van der Waals surface area contributed by atoms with Crippen LogP contribution in [0.25, 0.3) is 0 Å². The SMILES string of the molecule is CN/C=C(\C)CC(C)(C)CCCN(C)C. The van der Waals surface area contributed by atoms with E-state index in [4.69, 9.17) is 0 Å². The average molecular weight is 212 g/mol. The van der Waals surface area contributed by atoms with Crippen molar-refractivity contribution >= 4 is 0 Å². The van der Waals surface area contributed by atoms with E-state index in [0.29, 0.717) is 5.41 Å². The molecule has 0 bridgehead atoms. The molecule has 90 valence electrons. The summed E-state index contributed by atoms with van der Waals surface area (Å²) in [7, 11) is 6.24. The van der Waals surface area contributed by atoms with E-state index in [2.05, 4.69) is 51.3 Å². The highest BCUT2D eigenvalue weighted by Gasteiger charge is 2.17. The first-order valence-corrected chi connectivity index (χ1v) is 5.85. The van der Waals surface area contributed by atoms with Crippen molar-refractivity contribution in [2.24, 2.45) is 5.41 Å². The lowest BCUT2D eigenvalue weighted by Crippen LogP contribution is -2.18. The van der Waals surface area contributed by atoms with Crippen molar-refractivity contribution in [2.45, 2.75) is 40.0 Å². The van der Waals surface area contributed by atoms with Crippen molar-refractivity contribution in [3.8, 4) is 0 Å². The zero-order chi connectivity index (χ0) is 11.9. The van der Waals surface area contributed by atoms with Crippen molar-refractivity contribution in [2.75, 3.05) is 27.7 Å². The second-order valence-corrected chi connectivity index (χ2v) is 5.53. The molecule has 0 radical (unpaired) electrons. The Morgan fingerprint density at radius 1 is 1.33 bits per heavy atom. The third-order valence-electron chi connectivity index (χ3n) is 2.61. The molecule has 0 rings (SSSR count). The predicted molar refractivity (Wildman–Crippen MR) is 69.0 cm³/mol. The Morgan fingerprint density at radius 3 is 2.40 bits per heavy atom. The summed E-state index contributed by atoms with van der Waals surface area (Å²) in [5, 5.41) is 3.09. The highest BCUT2D eigenvalue weighted by molar-refractivity contribution is 4.99. The second-order valence-electron chi connectivity index (χ2n) is 5.53. The van der Waals surface area contributed by atoms with Gasteiger partial charge in [0.25, 0.3) is 0 Å². The molecule has 0 amide bonds. The first-order valence-electron chi connectivity index (χ1n) is 5.85. The fourth-order valence-corrected chi connectivity index (χ4v) is 2.01. The van der Waals surface area contributed by atoms with Crippen LogP contribution >= 0.6 is 0 Å². The van der Waals surface area contributed by atoms with E-state index in [1.165, 1.54) is 31.4 Å². The number of hydrogen-bond acceptors (Lipinski definition) is 2. The normalized spacial score (nSPS) is 13.4.